The van der Waals surface area contributed by atoms with Crippen LogP contribution in [0.15, 0.2) is 76.8 Å². The van der Waals surface area contributed by atoms with Gasteiger partial charge in [-0.2, -0.15) is 0 Å². The molecule has 2 amide bonds. The van der Waals surface area contributed by atoms with Gasteiger partial charge >= 0.3 is 0 Å². The fourth-order valence-electron chi connectivity index (χ4n) is 2.39. The van der Waals surface area contributed by atoms with Crippen molar-refractivity contribution >= 4 is 35.2 Å². The summed E-state index contributed by atoms with van der Waals surface area (Å²) >= 11 is 6.08. The first-order valence-electron chi connectivity index (χ1n) is 8.23. The number of rotatable bonds is 5. The van der Waals surface area contributed by atoms with Gasteiger partial charge in [-0.3, -0.25) is 9.59 Å². The number of halogens is 1. The molecule has 1 heterocycles. The number of para-hydroxylation sites is 1. The Morgan fingerprint density at radius 3 is 2.33 bits per heavy atom. The van der Waals surface area contributed by atoms with Crippen LogP contribution in [0.3, 0.4) is 0 Å². The molecular formula is C21H17ClN2O3. The van der Waals surface area contributed by atoms with E-state index in [1.807, 2.05) is 6.07 Å². The van der Waals surface area contributed by atoms with Gasteiger partial charge in [0.15, 0.2) is 0 Å². The molecule has 136 valence electrons. The molecule has 0 spiro atoms. The van der Waals surface area contributed by atoms with E-state index in [0.717, 1.165) is 0 Å². The monoisotopic (exact) mass is 380 g/mol. The fourth-order valence-corrected chi connectivity index (χ4v) is 2.61. The second kappa shape index (κ2) is 8.38. The topological polar surface area (TPSA) is 71.3 Å². The van der Waals surface area contributed by atoms with Crippen molar-refractivity contribution in [1.29, 1.82) is 0 Å². The van der Waals surface area contributed by atoms with E-state index in [0.29, 0.717) is 22.2 Å². The molecule has 0 aliphatic heterocycles. The number of amides is 2. The SMILES string of the molecule is Cc1ccc(/C=C(/NC(=O)c2ccccc2Cl)C(=O)Nc2ccccc2)o1. The highest BCUT2D eigenvalue weighted by Crippen LogP contribution is 2.17. The Hall–Kier alpha value is -3.31. The molecule has 27 heavy (non-hydrogen) atoms. The van der Waals surface area contributed by atoms with E-state index >= 15 is 0 Å². The zero-order valence-electron chi connectivity index (χ0n) is 14.5. The van der Waals surface area contributed by atoms with E-state index in [4.69, 9.17) is 16.0 Å². The van der Waals surface area contributed by atoms with Crippen molar-refractivity contribution in [2.75, 3.05) is 5.32 Å². The Bertz CT molecular complexity index is 993. The molecule has 3 aromatic rings. The van der Waals surface area contributed by atoms with Crippen LogP contribution < -0.4 is 10.6 Å². The van der Waals surface area contributed by atoms with E-state index in [1.165, 1.54) is 6.08 Å². The predicted molar refractivity (Wildman–Crippen MR) is 105 cm³/mol. The molecule has 1 aromatic heterocycles. The summed E-state index contributed by atoms with van der Waals surface area (Å²) in [6.45, 7) is 1.80. The number of carbonyl (C=O) groups is 2. The van der Waals surface area contributed by atoms with Crippen molar-refractivity contribution < 1.29 is 14.0 Å². The maximum absolute atomic E-state index is 12.7. The van der Waals surface area contributed by atoms with E-state index < -0.39 is 11.8 Å². The van der Waals surface area contributed by atoms with Crippen LogP contribution in [-0.4, -0.2) is 11.8 Å². The Balaban J connectivity index is 1.88. The van der Waals surface area contributed by atoms with Gasteiger partial charge in [-0.1, -0.05) is 41.9 Å². The molecule has 0 unspecified atom stereocenters. The average Bonchev–Trinajstić information content (AvgIpc) is 3.07. The van der Waals surface area contributed by atoms with Gasteiger partial charge in [-0.25, -0.2) is 0 Å². The minimum atomic E-state index is -0.488. The predicted octanol–water partition coefficient (Wildman–Crippen LogP) is 4.65. The molecule has 0 aliphatic carbocycles. The molecule has 0 saturated carbocycles. The molecular weight excluding hydrogens is 364 g/mol. The van der Waals surface area contributed by atoms with Gasteiger partial charge in [0.25, 0.3) is 11.8 Å². The lowest BCUT2D eigenvalue weighted by Crippen LogP contribution is -2.30. The van der Waals surface area contributed by atoms with Crippen LogP contribution in [0.2, 0.25) is 5.02 Å². The van der Waals surface area contributed by atoms with Crippen LogP contribution >= 0.6 is 11.6 Å². The van der Waals surface area contributed by atoms with Gasteiger partial charge < -0.3 is 15.1 Å². The van der Waals surface area contributed by atoms with E-state index in [1.54, 1.807) is 67.6 Å². The van der Waals surface area contributed by atoms with E-state index in [-0.39, 0.29) is 11.3 Å². The third-order valence-corrected chi connectivity index (χ3v) is 4.02. The molecule has 2 N–H and O–H groups in total. The minimum Gasteiger partial charge on any atom is -0.462 e. The van der Waals surface area contributed by atoms with Gasteiger partial charge in [-0.15, -0.1) is 0 Å². The molecule has 0 aliphatic rings. The van der Waals surface area contributed by atoms with Gasteiger partial charge in [0, 0.05) is 11.8 Å². The summed E-state index contributed by atoms with van der Waals surface area (Å²) in [4.78, 5) is 25.3. The second-order valence-corrected chi connectivity index (χ2v) is 6.17. The standard InChI is InChI=1S/C21H17ClN2O3/c1-14-11-12-16(27-14)13-19(21(26)23-15-7-3-2-4-8-15)24-20(25)17-9-5-6-10-18(17)22/h2-13H,1H3,(H,23,26)(H,24,25)/b19-13+. The van der Waals surface area contributed by atoms with Crippen LogP contribution in [0.25, 0.3) is 6.08 Å². The van der Waals surface area contributed by atoms with Gasteiger partial charge in [0.1, 0.15) is 17.2 Å². The quantitative estimate of drug-likeness (QED) is 0.633. The number of aryl methyl sites for hydroxylation is 1. The van der Waals surface area contributed by atoms with E-state index in [9.17, 15) is 9.59 Å². The highest BCUT2D eigenvalue weighted by atomic mass is 35.5. The minimum absolute atomic E-state index is 0.0399. The Morgan fingerprint density at radius 1 is 0.963 bits per heavy atom. The summed E-state index contributed by atoms with van der Waals surface area (Å²) in [5.41, 5.74) is 0.919. The largest absolute Gasteiger partial charge is 0.462 e. The molecule has 0 bridgehead atoms. The lowest BCUT2D eigenvalue weighted by atomic mass is 10.2. The lowest BCUT2D eigenvalue weighted by Gasteiger charge is -2.11. The fraction of sp³-hybridized carbons (Fsp3) is 0.0476. The number of hydrogen-bond donors (Lipinski definition) is 2. The second-order valence-electron chi connectivity index (χ2n) is 5.76. The van der Waals surface area contributed by atoms with Crippen molar-refractivity contribution in [2.24, 2.45) is 0 Å². The average molecular weight is 381 g/mol. The van der Waals surface area contributed by atoms with Gasteiger partial charge in [-0.05, 0) is 43.3 Å². The number of furan rings is 1. The third-order valence-electron chi connectivity index (χ3n) is 3.69. The van der Waals surface area contributed by atoms with Gasteiger partial charge in [0.05, 0.1) is 10.6 Å². The van der Waals surface area contributed by atoms with Gasteiger partial charge in [0.2, 0.25) is 0 Å². The smallest absolute Gasteiger partial charge is 0.272 e. The molecule has 6 heteroatoms. The molecule has 0 saturated heterocycles. The molecule has 0 radical (unpaired) electrons. The Morgan fingerprint density at radius 2 is 1.67 bits per heavy atom. The first-order chi connectivity index (χ1) is 13.0. The third kappa shape index (κ3) is 4.86. The Labute approximate surface area is 161 Å². The van der Waals surface area contributed by atoms with Crippen LogP contribution in [0.1, 0.15) is 21.9 Å². The summed E-state index contributed by atoms with van der Waals surface area (Å²) in [6, 6.07) is 19.1. The highest BCUT2D eigenvalue weighted by Gasteiger charge is 2.17. The number of nitrogens with one attached hydrogen (secondary N) is 2. The molecule has 0 fully saturated rings. The number of anilines is 1. The van der Waals surface area contributed by atoms with Crippen molar-refractivity contribution in [3.05, 3.63) is 94.5 Å². The summed E-state index contributed by atoms with van der Waals surface area (Å²) in [5, 5.41) is 5.66. The van der Waals surface area contributed by atoms with Crippen molar-refractivity contribution in [2.45, 2.75) is 6.92 Å². The molecule has 3 rings (SSSR count). The van der Waals surface area contributed by atoms with E-state index in [2.05, 4.69) is 10.6 Å². The first kappa shape index (κ1) is 18.5. The summed E-state index contributed by atoms with van der Waals surface area (Å²) < 4.78 is 5.49. The van der Waals surface area contributed by atoms with Crippen molar-refractivity contribution in [3.63, 3.8) is 0 Å². The highest BCUT2D eigenvalue weighted by molar-refractivity contribution is 6.34. The van der Waals surface area contributed by atoms with Crippen LogP contribution in [0.5, 0.6) is 0 Å². The number of carbonyl (C=O) groups excluding carboxylic acids is 2. The van der Waals surface area contributed by atoms with Crippen molar-refractivity contribution in [3.8, 4) is 0 Å². The van der Waals surface area contributed by atoms with Crippen LogP contribution in [0, 0.1) is 6.92 Å². The van der Waals surface area contributed by atoms with Crippen LogP contribution in [-0.2, 0) is 4.79 Å². The number of hydrogen-bond acceptors (Lipinski definition) is 3. The lowest BCUT2D eigenvalue weighted by molar-refractivity contribution is -0.113. The molecule has 2 aromatic carbocycles. The molecule has 5 nitrogen and oxygen atoms in total. The Kier molecular flexibility index (Phi) is 5.74. The normalized spacial score (nSPS) is 11.1. The molecule has 0 atom stereocenters. The summed E-state index contributed by atoms with van der Waals surface area (Å²) in [6.07, 6.45) is 1.47. The zero-order valence-corrected chi connectivity index (χ0v) is 15.3. The summed E-state index contributed by atoms with van der Waals surface area (Å²) in [7, 11) is 0. The summed E-state index contributed by atoms with van der Waals surface area (Å²) in [5.74, 6) is 0.181. The first-order valence-corrected chi connectivity index (χ1v) is 8.61. The number of benzene rings is 2. The van der Waals surface area contributed by atoms with Crippen molar-refractivity contribution in [1.82, 2.24) is 5.32 Å². The maximum Gasteiger partial charge on any atom is 0.272 e. The maximum atomic E-state index is 12.7. The zero-order chi connectivity index (χ0) is 19.2. The van der Waals surface area contributed by atoms with Crippen LogP contribution in [0.4, 0.5) is 5.69 Å².